The summed E-state index contributed by atoms with van der Waals surface area (Å²) in [6, 6.07) is 3.88. The molecule has 0 aliphatic carbocycles. The summed E-state index contributed by atoms with van der Waals surface area (Å²) in [6.07, 6.45) is 1.21. The summed E-state index contributed by atoms with van der Waals surface area (Å²) in [6.45, 7) is 6.45. The fourth-order valence-electron chi connectivity index (χ4n) is 1.05. The van der Waals surface area contributed by atoms with Crippen LogP contribution in [0.3, 0.4) is 0 Å². The van der Waals surface area contributed by atoms with Crippen LogP contribution < -0.4 is 5.73 Å². The molecule has 0 aliphatic heterocycles. The number of rotatable bonds is 4. The molecular formula is C11H18N2S. The van der Waals surface area contributed by atoms with Crippen molar-refractivity contribution < 1.29 is 0 Å². The van der Waals surface area contributed by atoms with Crippen molar-refractivity contribution in [2.24, 2.45) is 5.92 Å². The maximum Gasteiger partial charge on any atom is 0.119 e. The second kappa shape index (κ2) is 5.25. The Bertz CT molecular complexity index is 297. The van der Waals surface area contributed by atoms with Gasteiger partial charge in [-0.3, -0.25) is 0 Å². The molecule has 78 valence electrons. The predicted molar refractivity (Wildman–Crippen MR) is 63.6 cm³/mol. The molecule has 0 unspecified atom stereocenters. The van der Waals surface area contributed by atoms with Crippen LogP contribution in [0.4, 0.5) is 5.69 Å². The molecule has 0 aromatic carbocycles. The number of hydrogen-bond donors (Lipinski definition) is 1. The molecule has 0 fully saturated rings. The van der Waals surface area contributed by atoms with Crippen LogP contribution in [0.1, 0.15) is 26.0 Å². The van der Waals surface area contributed by atoms with Gasteiger partial charge in [0.2, 0.25) is 0 Å². The average molecular weight is 210 g/mol. The molecule has 0 atom stereocenters. The Kier molecular flexibility index (Phi) is 4.26. The topological polar surface area (TPSA) is 38.9 Å². The van der Waals surface area contributed by atoms with Crippen molar-refractivity contribution in [1.82, 2.24) is 4.98 Å². The molecule has 0 bridgehead atoms. The van der Waals surface area contributed by atoms with Gasteiger partial charge in [-0.05, 0) is 37.1 Å². The first-order chi connectivity index (χ1) is 6.59. The fraction of sp³-hybridized carbons (Fsp3) is 0.545. The van der Waals surface area contributed by atoms with Gasteiger partial charge in [-0.2, -0.15) is 0 Å². The third-order valence-corrected chi connectivity index (χ3v) is 3.00. The molecule has 0 saturated carbocycles. The van der Waals surface area contributed by atoms with Crippen molar-refractivity contribution in [3.8, 4) is 0 Å². The largest absolute Gasteiger partial charge is 0.397 e. The molecular weight excluding hydrogens is 192 g/mol. The summed E-state index contributed by atoms with van der Waals surface area (Å²) >= 11 is 1.75. The molecule has 3 heteroatoms. The summed E-state index contributed by atoms with van der Waals surface area (Å²) < 4.78 is 0. The van der Waals surface area contributed by atoms with E-state index in [1.807, 2.05) is 19.1 Å². The van der Waals surface area contributed by atoms with Crippen LogP contribution in [0.5, 0.6) is 0 Å². The van der Waals surface area contributed by atoms with Gasteiger partial charge in [0.25, 0.3) is 0 Å². The number of anilines is 1. The van der Waals surface area contributed by atoms with Crippen LogP contribution in [0.15, 0.2) is 17.2 Å². The average Bonchev–Trinajstić information content (AvgIpc) is 2.10. The van der Waals surface area contributed by atoms with E-state index in [0.717, 1.165) is 28.1 Å². The van der Waals surface area contributed by atoms with Gasteiger partial charge in [0.15, 0.2) is 0 Å². The zero-order valence-electron chi connectivity index (χ0n) is 9.08. The third-order valence-electron chi connectivity index (χ3n) is 1.96. The van der Waals surface area contributed by atoms with E-state index in [4.69, 9.17) is 5.73 Å². The summed E-state index contributed by atoms with van der Waals surface area (Å²) in [7, 11) is 0. The van der Waals surface area contributed by atoms with E-state index < -0.39 is 0 Å². The quantitative estimate of drug-likeness (QED) is 0.776. The highest BCUT2D eigenvalue weighted by Gasteiger charge is 2.02. The zero-order chi connectivity index (χ0) is 10.6. The molecule has 1 heterocycles. The van der Waals surface area contributed by atoms with Crippen LogP contribution in [-0.4, -0.2) is 10.7 Å². The number of nitrogen functional groups attached to an aromatic ring is 1. The fourth-order valence-corrected chi connectivity index (χ4v) is 2.28. The molecule has 0 radical (unpaired) electrons. The Morgan fingerprint density at radius 1 is 1.43 bits per heavy atom. The van der Waals surface area contributed by atoms with E-state index in [2.05, 4.69) is 18.8 Å². The summed E-state index contributed by atoms with van der Waals surface area (Å²) in [5.74, 6) is 1.84. The minimum absolute atomic E-state index is 0.744. The van der Waals surface area contributed by atoms with Crippen molar-refractivity contribution in [3.05, 3.63) is 17.8 Å². The molecule has 0 amide bonds. The molecule has 0 aliphatic rings. The number of hydrogen-bond acceptors (Lipinski definition) is 3. The molecule has 14 heavy (non-hydrogen) atoms. The molecule has 0 spiro atoms. The normalized spacial score (nSPS) is 10.9. The van der Waals surface area contributed by atoms with Crippen molar-refractivity contribution in [1.29, 1.82) is 0 Å². The zero-order valence-corrected chi connectivity index (χ0v) is 9.90. The smallest absolute Gasteiger partial charge is 0.119 e. The number of thioether (sulfide) groups is 1. The van der Waals surface area contributed by atoms with Gasteiger partial charge >= 0.3 is 0 Å². The Balaban J connectivity index is 2.53. The SMILES string of the molecule is Cc1ccc(N)c(SCCC(C)C)n1. The first kappa shape index (κ1) is 11.4. The highest BCUT2D eigenvalue weighted by Crippen LogP contribution is 2.24. The van der Waals surface area contributed by atoms with E-state index >= 15 is 0 Å². The van der Waals surface area contributed by atoms with Crippen molar-refractivity contribution in [2.45, 2.75) is 32.2 Å². The lowest BCUT2D eigenvalue weighted by atomic mass is 10.2. The second-order valence-electron chi connectivity index (χ2n) is 3.88. The van der Waals surface area contributed by atoms with Crippen molar-refractivity contribution in [2.75, 3.05) is 11.5 Å². The number of aryl methyl sites for hydroxylation is 1. The molecule has 2 nitrogen and oxygen atoms in total. The van der Waals surface area contributed by atoms with E-state index in [1.165, 1.54) is 6.42 Å². The Labute approximate surface area is 90.3 Å². The summed E-state index contributed by atoms with van der Waals surface area (Å²) in [5, 5.41) is 0.977. The van der Waals surface area contributed by atoms with Gasteiger partial charge in [-0.25, -0.2) is 4.98 Å². The van der Waals surface area contributed by atoms with Gasteiger partial charge in [0, 0.05) is 5.69 Å². The maximum absolute atomic E-state index is 5.82. The Hall–Kier alpha value is -0.700. The highest BCUT2D eigenvalue weighted by molar-refractivity contribution is 7.99. The van der Waals surface area contributed by atoms with Gasteiger partial charge in [-0.15, -0.1) is 11.8 Å². The highest BCUT2D eigenvalue weighted by atomic mass is 32.2. The lowest BCUT2D eigenvalue weighted by Crippen LogP contribution is -1.96. The number of nitrogens with zero attached hydrogens (tertiary/aromatic N) is 1. The van der Waals surface area contributed by atoms with E-state index in [0.29, 0.717) is 0 Å². The number of nitrogens with two attached hydrogens (primary N) is 1. The maximum atomic E-state index is 5.82. The van der Waals surface area contributed by atoms with Crippen molar-refractivity contribution >= 4 is 17.4 Å². The van der Waals surface area contributed by atoms with Crippen LogP contribution in [-0.2, 0) is 0 Å². The van der Waals surface area contributed by atoms with Gasteiger partial charge in [0.05, 0.1) is 5.69 Å². The van der Waals surface area contributed by atoms with Gasteiger partial charge < -0.3 is 5.73 Å². The first-order valence-electron chi connectivity index (χ1n) is 4.95. The van der Waals surface area contributed by atoms with E-state index in [1.54, 1.807) is 11.8 Å². The molecule has 2 N–H and O–H groups in total. The summed E-state index contributed by atoms with van der Waals surface area (Å²) in [5.41, 5.74) is 7.65. The standard InChI is InChI=1S/C11H18N2S/c1-8(2)6-7-14-11-10(12)5-4-9(3)13-11/h4-5,8H,6-7,12H2,1-3H3. The van der Waals surface area contributed by atoms with Crippen LogP contribution in [0.25, 0.3) is 0 Å². The van der Waals surface area contributed by atoms with Crippen LogP contribution in [0, 0.1) is 12.8 Å². The predicted octanol–water partition coefficient (Wildman–Crippen LogP) is 3.11. The van der Waals surface area contributed by atoms with Gasteiger partial charge in [-0.1, -0.05) is 13.8 Å². The monoisotopic (exact) mass is 210 g/mol. The molecule has 0 saturated heterocycles. The van der Waals surface area contributed by atoms with Crippen LogP contribution in [0.2, 0.25) is 0 Å². The summed E-state index contributed by atoms with van der Waals surface area (Å²) in [4.78, 5) is 4.41. The third kappa shape index (κ3) is 3.58. The first-order valence-corrected chi connectivity index (χ1v) is 5.94. The van der Waals surface area contributed by atoms with E-state index in [-0.39, 0.29) is 0 Å². The van der Waals surface area contributed by atoms with E-state index in [9.17, 15) is 0 Å². The molecule has 1 aromatic rings. The minimum atomic E-state index is 0.744. The number of aromatic nitrogens is 1. The molecule has 1 rings (SSSR count). The lowest BCUT2D eigenvalue weighted by molar-refractivity contribution is 0.632. The Morgan fingerprint density at radius 3 is 2.79 bits per heavy atom. The van der Waals surface area contributed by atoms with Crippen LogP contribution >= 0.6 is 11.8 Å². The molecule has 1 aromatic heterocycles. The van der Waals surface area contributed by atoms with Gasteiger partial charge in [0.1, 0.15) is 5.03 Å². The number of pyridine rings is 1. The minimum Gasteiger partial charge on any atom is -0.397 e. The Morgan fingerprint density at radius 2 is 2.14 bits per heavy atom. The second-order valence-corrected chi connectivity index (χ2v) is 4.96. The van der Waals surface area contributed by atoms with Crippen molar-refractivity contribution in [3.63, 3.8) is 0 Å². The lowest BCUT2D eigenvalue weighted by Gasteiger charge is -2.06.